The number of halogens is 2. The van der Waals surface area contributed by atoms with Crippen LogP contribution in [0.2, 0.25) is 0 Å². The molecular weight excluding hydrogens is 425 g/mol. The Morgan fingerprint density at radius 1 is 1.16 bits per heavy atom. The second-order valence-electron chi connectivity index (χ2n) is 8.05. The van der Waals surface area contributed by atoms with Gasteiger partial charge in [0.2, 0.25) is 0 Å². The maximum absolute atomic E-state index is 13.0. The number of nitrogens with zero attached hydrogens (tertiary/aromatic N) is 3. The van der Waals surface area contributed by atoms with Crippen molar-refractivity contribution in [2.45, 2.75) is 25.6 Å². The van der Waals surface area contributed by atoms with Crippen LogP contribution in [0, 0.1) is 21.8 Å². The summed E-state index contributed by atoms with van der Waals surface area (Å²) in [5.74, 6) is -0.0275. The Kier molecular flexibility index (Phi) is 7.38. The Morgan fingerprint density at radius 2 is 1.84 bits per heavy atom. The molecule has 31 heavy (non-hydrogen) atoms. The Labute approximate surface area is 186 Å². The van der Waals surface area contributed by atoms with E-state index < -0.39 is 11.2 Å². The van der Waals surface area contributed by atoms with E-state index in [0.717, 1.165) is 25.9 Å². The summed E-state index contributed by atoms with van der Waals surface area (Å²) in [4.78, 5) is 27.2. The van der Waals surface area contributed by atoms with Crippen LogP contribution in [0.5, 0.6) is 0 Å². The van der Waals surface area contributed by atoms with Gasteiger partial charge in [-0.25, -0.2) is 4.39 Å². The fourth-order valence-electron chi connectivity index (χ4n) is 4.42. The summed E-state index contributed by atoms with van der Waals surface area (Å²) in [5, 5.41) is 21.9. The zero-order valence-electron chi connectivity index (χ0n) is 16.9. The Hall–Kier alpha value is -2.39. The number of benzene rings is 2. The van der Waals surface area contributed by atoms with Gasteiger partial charge in [0.15, 0.2) is 5.78 Å². The number of carbonyl (C=O) groups excluding carboxylic acids is 1. The summed E-state index contributed by atoms with van der Waals surface area (Å²) in [5.41, 5.74) is 1.78. The molecule has 0 aliphatic carbocycles. The van der Waals surface area contributed by atoms with Gasteiger partial charge in [0, 0.05) is 30.3 Å². The van der Waals surface area contributed by atoms with E-state index in [2.05, 4.69) is 4.90 Å². The van der Waals surface area contributed by atoms with Crippen LogP contribution in [0.15, 0.2) is 42.5 Å². The van der Waals surface area contributed by atoms with Gasteiger partial charge in [-0.05, 0) is 56.1 Å². The number of piperidine rings is 1. The summed E-state index contributed by atoms with van der Waals surface area (Å²) in [6.45, 7) is 2.88. The number of aliphatic hydroxyl groups excluding tert-OH is 1. The first kappa shape index (κ1) is 23.3. The Balaban J connectivity index is 0.00000272. The van der Waals surface area contributed by atoms with E-state index in [9.17, 15) is 24.4 Å². The molecule has 1 atom stereocenters. The van der Waals surface area contributed by atoms with Gasteiger partial charge in [-0.15, -0.1) is 12.4 Å². The molecule has 1 N–H and O–H groups in total. The van der Waals surface area contributed by atoms with Gasteiger partial charge in [0.05, 0.1) is 17.0 Å². The number of carbonyl (C=O) groups is 1. The lowest BCUT2D eigenvalue weighted by atomic mass is 9.95. The number of nitro benzene ring substituents is 1. The molecule has 0 bridgehead atoms. The van der Waals surface area contributed by atoms with Crippen molar-refractivity contribution >= 4 is 23.9 Å². The molecule has 1 fully saturated rings. The molecule has 0 amide bonds. The van der Waals surface area contributed by atoms with Gasteiger partial charge in [-0.3, -0.25) is 24.7 Å². The van der Waals surface area contributed by atoms with Gasteiger partial charge in [-0.2, -0.15) is 0 Å². The number of rotatable bonds is 6. The SMILES string of the molecule is Cl.O=C(CN1CCC(CN2Cc3c(cccc3[N+](=O)[O-])C2O)CC1)c1ccc(F)cc1. The summed E-state index contributed by atoms with van der Waals surface area (Å²) in [7, 11) is 0. The van der Waals surface area contributed by atoms with E-state index >= 15 is 0 Å². The summed E-state index contributed by atoms with van der Waals surface area (Å²) in [6, 6.07) is 10.4. The predicted octanol–water partition coefficient (Wildman–Crippen LogP) is 3.56. The van der Waals surface area contributed by atoms with E-state index in [0.29, 0.717) is 42.2 Å². The molecule has 2 aromatic rings. The van der Waals surface area contributed by atoms with Crippen molar-refractivity contribution in [3.63, 3.8) is 0 Å². The third-order valence-electron chi connectivity index (χ3n) is 6.10. The molecule has 2 aliphatic heterocycles. The largest absolute Gasteiger partial charge is 0.374 e. The van der Waals surface area contributed by atoms with Crippen molar-refractivity contribution in [1.82, 2.24) is 9.80 Å². The molecule has 2 aliphatic rings. The first-order valence-electron chi connectivity index (χ1n) is 10.1. The molecule has 4 rings (SSSR count). The summed E-state index contributed by atoms with van der Waals surface area (Å²) >= 11 is 0. The topological polar surface area (TPSA) is 86.9 Å². The smallest absolute Gasteiger partial charge is 0.274 e. The number of fused-ring (bicyclic) bond motifs is 1. The van der Waals surface area contributed by atoms with Crippen LogP contribution in [0.1, 0.15) is 40.6 Å². The quantitative estimate of drug-likeness (QED) is 0.412. The summed E-state index contributed by atoms with van der Waals surface area (Å²) in [6.07, 6.45) is 0.953. The summed E-state index contributed by atoms with van der Waals surface area (Å²) < 4.78 is 13.0. The lowest BCUT2D eigenvalue weighted by Gasteiger charge is -2.34. The molecule has 7 nitrogen and oxygen atoms in total. The molecule has 2 heterocycles. The first-order valence-corrected chi connectivity index (χ1v) is 10.1. The van der Waals surface area contributed by atoms with Gasteiger partial charge in [-0.1, -0.05) is 12.1 Å². The number of nitro groups is 1. The van der Waals surface area contributed by atoms with Crippen molar-refractivity contribution in [2.75, 3.05) is 26.2 Å². The van der Waals surface area contributed by atoms with Crippen molar-refractivity contribution in [2.24, 2.45) is 5.92 Å². The van der Waals surface area contributed by atoms with Gasteiger partial charge in [0.1, 0.15) is 12.0 Å². The number of likely N-dealkylation sites (tertiary alicyclic amines) is 1. The lowest BCUT2D eigenvalue weighted by molar-refractivity contribution is -0.385. The van der Waals surface area contributed by atoms with E-state index in [1.807, 2.05) is 4.90 Å². The van der Waals surface area contributed by atoms with Crippen LogP contribution < -0.4 is 0 Å². The maximum atomic E-state index is 13.0. The van der Waals surface area contributed by atoms with Gasteiger partial charge >= 0.3 is 0 Å². The molecule has 1 saturated heterocycles. The number of hydrogen-bond acceptors (Lipinski definition) is 6. The highest BCUT2D eigenvalue weighted by molar-refractivity contribution is 5.97. The van der Waals surface area contributed by atoms with Crippen molar-refractivity contribution in [1.29, 1.82) is 0 Å². The second kappa shape index (κ2) is 9.82. The van der Waals surface area contributed by atoms with Crippen LogP contribution in [-0.2, 0) is 6.54 Å². The second-order valence-corrected chi connectivity index (χ2v) is 8.05. The van der Waals surface area contributed by atoms with Crippen LogP contribution in [0.4, 0.5) is 10.1 Å². The Bertz CT molecular complexity index is 948. The molecule has 0 spiro atoms. The molecule has 166 valence electrons. The zero-order valence-corrected chi connectivity index (χ0v) is 17.8. The maximum Gasteiger partial charge on any atom is 0.274 e. The standard InChI is InChI=1S/C22H24FN3O4.ClH/c23-17-6-4-16(5-7-17)21(27)14-24-10-8-15(9-11-24)12-25-13-19-18(22(25)28)2-1-3-20(19)26(29)30;/h1-7,15,22,28H,8-14H2;1H. The minimum absolute atomic E-state index is 0. The van der Waals surface area contributed by atoms with Crippen LogP contribution in [-0.4, -0.2) is 51.8 Å². The predicted molar refractivity (Wildman–Crippen MR) is 116 cm³/mol. The fourth-order valence-corrected chi connectivity index (χ4v) is 4.42. The highest BCUT2D eigenvalue weighted by Crippen LogP contribution is 2.38. The molecule has 9 heteroatoms. The number of Topliss-reactive ketones (excluding diaryl/α,β-unsaturated/α-hetero) is 1. The van der Waals surface area contributed by atoms with Crippen LogP contribution in [0.3, 0.4) is 0 Å². The Morgan fingerprint density at radius 3 is 2.48 bits per heavy atom. The van der Waals surface area contributed by atoms with E-state index in [4.69, 9.17) is 0 Å². The number of ketones is 1. The van der Waals surface area contributed by atoms with Crippen LogP contribution in [0.25, 0.3) is 0 Å². The normalized spacial score (nSPS) is 19.6. The average molecular weight is 450 g/mol. The van der Waals surface area contributed by atoms with E-state index in [1.54, 1.807) is 12.1 Å². The fraction of sp³-hybridized carbons (Fsp3) is 0.409. The zero-order chi connectivity index (χ0) is 21.3. The lowest BCUT2D eigenvalue weighted by Crippen LogP contribution is -2.40. The highest BCUT2D eigenvalue weighted by Gasteiger charge is 2.35. The monoisotopic (exact) mass is 449 g/mol. The number of aliphatic hydroxyl groups is 1. The average Bonchev–Trinajstić information content (AvgIpc) is 3.05. The van der Waals surface area contributed by atoms with E-state index in [-0.39, 0.29) is 29.7 Å². The molecule has 0 radical (unpaired) electrons. The van der Waals surface area contributed by atoms with Crippen molar-refractivity contribution < 1.29 is 19.2 Å². The van der Waals surface area contributed by atoms with Gasteiger partial charge in [0.25, 0.3) is 5.69 Å². The van der Waals surface area contributed by atoms with Crippen molar-refractivity contribution in [3.05, 3.63) is 75.1 Å². The molecule has 0 saturated carbocycles. The van der Waals surface area contributed by atoms with Crippen LogP contribution >= 0.6 is 12.4 Å². The first-order chi connectivity index (χ1) is 14.4. The van der Waals surface area contributed by atoms with E-state index in [1.165, 1.54) is 30.3 Å². The highest BCUT2D eigenvalue weighted by atomic mass is 35.5. The van der Waals surface area contributed by atoms with Crippen molar-refractivity contribution in [3.8, 4) is 0 Å². The molecule has 1 unspecified atom stereocenters. The van der Waals surface area contributed by atoms with Gasteiger partial charge < -0.3 is 5.11 Å². The molecular formula is C22H25ClFN3O4. The minimum Gasteiger partial charge on any atom is -0.374 e. The number of hydrogen-bond donors (Lipinski definition) is 1. The third kappa shape index (κ3) is 5.10. The molecule has 2 aromatic carbocycles. The third-order valence-corrected chi connectivity index (χ3v) is 6.10. The minimum atomic E-state index is -0.821. The molecule has 0 aromatic heterocycles.